The summed E-state index contributed by atoms with van der Waals surface area (Å²) >= 11 is 6.00. The molecule has 0 spiro atoms. The van der Waals surface area contributed by atoms with Crippen LogP contribution in [-0.4, -0.2) is 29.7 Å². The molecule has 0 saturated heterocycles. The van der Waals surface area contributed by atoms with Crippen LogP contribution in [0.4, 0.5) is 0 Å². The predicted molar refractivity (Wildman–Crippen MR) is 97.6 cm³/mol. The number of aliphatic hydroxyl groups is 1. The Hall–Kier alpha value is -1.88. The van der Waals surface area contributed by atoms with Gasteiger partial charge in [-0.15, -0.1) is 0 Å². The maximum absolute atomic E-state index is 12.8. The predicted octanol–water partition coefficient (Wildman–Crippen LogP) is 3.80. The van der Waals surface area contributed by atoms with Gasteiger partial charge in [-0.25, -0.2) is 0 Å². The number of fused-ring (bicyclic) bond motifs is 2. The van der Waals surface area contributed by atoms with E-state index in [1.165, 1.54) is 0 Å². The van der Waals surface area contributed by atoms with E-state index in [0.29, 0.717) is 33.5 Å². The maximum Gasteiger partial charge on any atom is 0.200 e. The summed E-state index contributed by atoms with van der Waals surface area (Å²) in [7, 11) is 1.97. The third-order valence-electron chi connectivity index (χ3n) is 4.43. The Morgan fingerprint density at radius 1 is 1.17 bits per heavy atom. The summed E-state index contributed by atoms with van der Waals surface area (Å²) in [6.07, 6.45) is 0.867. The summed E-state index contributed by atoms with van der Waals surface area (Å²) < 4.78 is 5.82. The molecule has 0 bridgehead atoms. The quantitative estimate of drug-likeness (QED) is 0.714. The van der Waals surface area contributed by atoms with Crippen LogP contribution in [0.5, 0.6) is 0 Å². The summed E-state index contributed by atoms with van der Waals surface area (Å²) in [5, 5.41) is 11.0. The Morgan fingerprint density at radius 2 is 1.83 bits per heavy atom. The van der Waals surface area contributed by atoms with E-state index in [0.717, 1.165) is 12.0 Å². The van der Waals surface area contributed by atoms with Crippen LogP contribution in [0.1, 0.15) is 18.9 Å². The Balaban J connectivity index is 2.05. The second-order valence-electron chi connectivity index (χ2n) is 6.06. The van der Waals surface area contributed by atoms with E-state index in [4.69, 9.17) is 16.0 Å². The Morgan fingerprint density at radius 3 is 2.50 bits per heavy atom. The zero-order chi connectivity index (χ0) is 17.3. The van der Waals surface area contributed by atoms with Crippen molar-refractivity contribution >= 4 is 33.5 Å². The lowest BCUT2D eigenvalue weighted by molar-refractivity contribution is 0.138. The smallest absolute Gasteiger partial charge is 0.200 e. The van der Waals surface area contributed by atoms with Crippen LogP contribution in [0.2, 0.25) is 5.02 Å². The molecule has 0 aliphatic carbocycles. The fraction of sp³-hybridized carbons (Fsp3) is 0.316. The van der Waals surface area contributed by atoms with E-state index in [9.17, 15) is 9.90 Å². The Labute approximate surface area is 145 Å². The first-order chi connectivity index (χ1) is 11.5. The maximum atomic E-state index is 12.8. The molecule has 0 aliphatic rings. The van der Waals surface area contributed by atoms with Crippen LogP contribution in [0.25, 0.3) is 21.9 Å². The van der Waals surface area contributed by atoms with Crippen molar-refractivity contribution < 1.29 is 9.52 Å². The van der Waals surface area contributed by atoms with Crippen molar-refractivity contribution in [3.63, 3.8) is 0 Å². The summed E-state index contributed by atoms with van der Waals surface area (Å²) in [6, 6.07) is 10.8. The fourth-order valence-electron chi connectivity index (χ4n) is 2.97. The van der Waals surface area contributed by atoms with Crippen LogP contribution in [-0.2, 0) is 6.54 Å². The van der Waals surface area contributed by atoms with Crippen molar-refractivity contribution in [2.24, 2.45) is 0 Å². The first-order valence-corrected chi connectivity index (χ1v) is 8.37. The largest absolute Gasteiger partial charge is 0.456 e. The van der Waals surface area contributed by atoms with Gasteiger partial charge in [0, 0.05) is 17.6 Å². The van der Waals surface area contributed by atoms with Gasteiger partial charge in [0.2, 0.25) is 5.43 Å². The van der Waals surface area contributed by atoms with Gasteiger partial charge in [0.15, 0.2) is 0 Å². The number of likely N-dealkylation sites (N-methyl/N-ethyl adjacent to an activating group) is 1. The molecule has 4 nitrogen and oxygen atoms in total. The monoisotopic (exact) mass is 345 g/mol. The Bertz CT molecular complexity index is 931. The Kier molecular flexibility index (Phi) is 4.90. The van der Waals surface area contributed by atoms with Gasteiger partial charge in [0.1, 0.15) is 11.2 Å². The summed E-state index contributed by atoms with van der Waals surface area (Å²) in [5.74, 6) is 0. The van der Waals surface area contributed by atoms with Crippen LogP contribution >= 0.6 is 11.6 Å². The van der Waals surface area contributed by atoms with Crippen LogP contribution in [0, 0.1) is 0 Å². The first-order valence-electron chi connectivity index (χ1n) is 7.99. The van der Waals surface area contributed by atoms with E-state index in [1.807, 2.05) is 32.2 Å². The van der Waals surface area contributed by atoms with E-state index in [2.05, 4.69) is 4.90 Å². The van der Waals surface area contributed by atoms with Gasteiger partial charge in [0.05, 0.1) is 17.4 Å². The average molecular weight is 346 g/mol. The molecule has 3 rings (SSSR count). The van der Waals surface area contributed by atoms with Crippen LogP contribution in [0.15, 0.2) is 45.6 Å². The second-order valence-corrected chi connectivity index (χ2v) is 6.50. The SMILES string of the molecule is CC[C@H](CO)N(C)Cc1ccc2oc3ccc(Cl)cc3c(=O)c2c1. The zero-order valence-corrected chi connectivity index (χ0v) is 14.5. The van der Waals surface area contributed by atoms with Crippen molar-refractivity contribution in [2.75, 3.05) is 13.7 Å². The highest BCUT2D eigenvalue weighted by atomic mass is 35.5. The van der Waals surface area contributed by atoms with E-state index in [-0.39, 0.29) is 18.1 Å². The van der Waals surface area contributed by atoms with Crippen molar-refractivity contribution in [1.29, 1.82) is 0 Å². The van der Waals surface area contributed by atoms with Gasteiger partial charge >= 0.3 is 0 Å². The summed E-state index contributed by atoms with van der Waals surface area (Å²) in [5.41, 5.74) is 2.03. The molecule has 1 aromatic heterocycles. The molecule has 3 aromatic rings. The minimum atomic E-state index is -0.0764. The van der Waals surface area contributed by atoms with Gasteiger partial charge in [0.25, 0.3) is 0 Å². The number of benzene rings is 2. The van der Waals surface area contributed by atoms with Gasteiger partial charge in [-0.1, -0.05) is 24.6 Å². The van der Waals surface area contributed by atoms with Crippen molar-refractivity contribution in [3.8, 4) is 0 Å². The molecule has 1 heterocycles. The van der Waals surface area contributed by atoms with E-state index < -0.39 is 0 Å². The third-order valence-corrected chi connectivity index (χ3v) is 4.67. The topological polar surface area (TPSA) is 53.7 Å². The zero-order valence-electron chi connectivity index (χ0n) is 13.8. The molecule has 126 valence electrons. The number of rotatable bonds is 5. The van der Waals surface area contributed by atoms with Crippen molar-refractivity contribution in [1.82, 2.24) is 4.90 Å². The number of halogens is 1. The van der Waals surface area contributed by atoms with Crippen LogP contribution in [0.3, 0.4) is 0 Å². The number of nitrogens with zero attached hydrogens (tertiary/aromatic N) is 1. The first kappa shape index (κ1) is 17.0. The standard InChI is InChI=1S/C19H20ClNO3/c1-3-14(11-22)21(2)10-12-4-6-17-15(8-12)19(23)16-9-13(20)5-7-18(16)24-17/h4-9,14,22H,3,10-11H2,1-2H3/t14-/m1/s1. The molecule has 0 saturated carbocycles. The normalized spacial score (nSPS) is 13.0. The summed E-state index contributed by atoms with van der Waals surface area (Å²) in [6.45, 7) is 2.82. The highest BCUT2D eigenvalue weighted by molar-refractivity contribution is 6.31. The molecule has 0 aliphatic heterocycles. The highest BCUT2D eigenvalue weighted by Crippen LogP contribution is 2.23. The fourth-order valence-corrected chi connectivity index (χ4v) is 3.14. The van der Waals surface area contributed by atoms with Gasteiger partial charge in [-0.05, 0) is 49.4 Å². The molecule has 1 N–H and O–H groups in total. The molecule has 24 heavy (non-hydrogen) atoms. The number of aliphatic hydroxyl groups excluding tert-OH is 1. The molecular formula is C19H20ClNO3. The minimum absolute atomic E-state index is 0.0764. The number of hydrogen-bond acceptors (Lipinski definition) is 4. The van der Waals surface area contributed by atoms with Crippen molar-refractivity contribution in [2.45, 2.75) is 25.9 Å². The number of hydrogen-bond donors (Lipinski definition) is 1. The lowest BCUT2D eigenvalue weighted by Crippen LogP contribution is -2.33. The van der Waals surface area contributed by atoms with Gasteiger partial charge in [-0.3, -0.25) is 9.69 Å². The van der Waals surface area contributed by atoms with Crippen molar-refractivity contribution in [3.05, 3.63) is 57.2 Å². The van der Waals surface area contributed by atoms with Crippen LogP contribution < -0.4 is 5.43 Å². The summed E-state index contributed by atoms with van der Waals surface area (Å²) in [4.78, 5) is 14.8. The minimum Gasteiger partial charge on any atom is -0.456 e. The van der Waals surface area contributed by atoms with Gasteiger partial charge < -0.3 is 9.52 Å². The second kappa shape index (κ2) is 6.93. The lowest BCUT2D eigenvalue weighted by Gasteiger charge is -2.25. The average Bonchev–Trinajstić information content (AvgIpc) is 2.57. The molecule has 2 aromatic carbocycles. The molecule has 5 heteroatoms. The highest BCUT2D eigenvalue weighted by Gasteiger charge is 2.13. The molecule has 0 fully saturated rings. The van der Waals surface area contributed by atoms with Gasteiger partial charge in [-0.2, -0.15) is 0 Å². The van der Waals surface area contributed by atoms with E-state index in [1.54, 1.807) is 18.2 Å². The van der Waals surface area contributed by atoms with E-state index >= 15 is 0 Å². The third kappa shape index (κ3) is 3.18. The lowest BCUT2D eigenvalue weighted by atomic mass is 10.1. The molecule has 1 atom stereocenters. The molecule has 0 unspecified atom stereocenters. The molecular weight excluding hydrogens is 326 g/mol. The molecule has 0 amide bonds. The molecule has 0 radical (unpaired) electrons.